The van der Waals surface area contributed by atoms with E-state index in [4.69, 9.17) is 4.74 Å². The molecule has 0 atom stereocenters. The molecule has 0 aliphatic heterocycles. The molecule has 0 N–H and O–H groups in total. The van der Waals surface area contributed by atoms with Gasteiger partial charge >= 0.3 is 0 Å². The lowest BCUT2D eigenvalue weighted by Gasteiger charge is -2.00. The van der Waals surface area contributed by atoms with Crippen LogP contribution < -0.4 is 0 Å². The average molecular weight is 226 g/mol. The maximum atomic E-state index is 5.36. The van der Waals surface area contributed by atoms with E-state index in [0.717, 1.165) is 11.4 Å². The second-order valence-corrected chi connectivity index (χ2v) is 3.51. The van der Waals surface area contributed by atoms with Gasteiger partial charge in [-0.05, 0) is 25.1 Å². The fraction of sp³-hybridized carbons (Fsp3) is 0.214. The quantitative estimate of drug-likeness (QED) is 0.591. The van der Waals surface area contributed by atoms with Crippen molar-refractivity contribution < 1.29 is 4.74 Å². The van der Waals surface area contributed by atoms with Gasteiger partial charge < -0.3 is 4.74 Å². The van der Waals surface area contributed by atoms with Crippen LogP contribution in [0.1, 0.15) is 12.6 Å². The Morgan fingerprint density at radius 2 is 2.06 bits per heavy atom. The highest BCUT2D eigenvalue weighted by atomic mass is 16.5. The molecule has 0 bridgehead atoms. The first kappa shape index (κ1) is 11.4. The summed E-state index contributed by atoms with van der Waals surface area (Å²) >= 11 is 0. The molecule has 0 aliphatic rings. The minimum Gasteiger partial charge on any atom is -0.362 e. The number of hydrogen-bond acceptors (Lipinski definition) is 2. The van der Waals surface area contributed by atoms with Crippen molar-refractivity contribution in [1.82, 2.24) is 9.78 Å². The molecular formula is C14H14N2O. The van der Waals surface area contributed by atoms with Crippen LogP contribution in [0.4, 0.5) is 0 Å². The number of hydrogen-bond donors (Lipinski definition) is 0. The highest BCUT2D eigenvalue weighted by Gasteiger charge is 2.00. The molecule has 1 aromatic carbocycles. The van der Waals surface area contributed by atoms with Gasteiger partial charge in [0, 0.05) is 6.20 Å². The lowest BCUT2D eigenvalue weighted by Crippen LogP contribution is -1.98. The van der Waals surface area contributed by atoms with Gasteiger partial charge in [-0.3, -0.25) is 0 Å². The van der Waals surface area contributed by atoms with Gasteiger partial charge in [0.05, 0.1) is 18.0 Å². The summed E-state index contributed by atoms with van der Waals surface area (Å²) in [4.78, 5) is 0. The summed E-state index contributed by atoms with van der Waals surface area (Å²) in [7, 11) is 0. The van der Waals surface area contributed by atoms with Crippen LogP contribution in [0.25, 0.3) is 5.69 Å². The summed E-state index contributed by atoms with van der Waals surface area (Å²) in [5.41, 5.74) is 1.96. The monoisotopic (exact) mass is 226 g/mol. The van der Waals surface area contributed by atoms with Crippen molar-refractivity contribution >= 4 is 0 Å². The van der Waals surface area contributed by atoms with Gasteiger partial charge in [-0.15, -0.1) is 5.92 Å². The largest absolute Gasteiger partial charge is 0.362 e. The predicted octanol–water partition coefficient (Wildman–Crippen LogP) is 2.41. The van der Waals surface area contributed by atoms with Crippen molar-refractivity contribution in [2.45, 2.75) is 13.5 Å². The third kappa shape index (κ3) is 3.20. The van der Waals surface area contributed by atoms with Crippen LogP contribution in [-0.2, 0) is 11.3 Å². The number of rotatable bonds is 4. The molecular weight excluding hydrogens is 212 g/mol. The zero-order valence-electron chi connectivity index (χ0n) is 9.76. The van der Waals surface area contributed by atoms with E-state index < -0.39 is 0 Å². The van der Waals surface area contributed by atoms with Crippen LogP contribution in [0.3, 0.4) is 0 Å². The van der Waals surface area contributed by atoms with Crippen LogP contribution in [0.5, 0.6) is 0 Å². The molecule has 0 saturated carbocycles. The third-order valence-electron chi connectivity index (χ3n) is 2.27. The van der Waals surface area contributed by atoms with E-state index in [0.29, 0.717) is 13.2 Å². The molecule has 0 aliphatic carbocycles. The van der Waals surface area contributed by atoms with Crippen molar-refractivity contribution in [3.63, 3.8) is 0 Å². The molecule has 3 heteroatoms. The maximum Gasteiger partial charge on any atom is 0.108 e. The SMILES string of the molecule is CC#CCOCc1ccn(-c2ccccc2)n1. The molecule has 0 spiro atoms. The van der Waals surface area contributed by atoms with Gasteiger partial charge in [-0.25, -0.2) is 4.68 Å². The van der Waals surface area contributed by atoms with Crippen LogP contribution in [0, 0.1) is 11.8 Å². The second-order valence-electron chi connectivity index (χ2n) is 3.51. The van der Waals surface area contributed by atoms with Crippen LogP contribution in [0.15, 0.2) is 42.6 Å². The fourth-order valence-corrected chi connectivity index (χ4v) is 1.44. The van der Waals surface area contributed by atoms with Gasteiger partial charge in [0.25, 0.3) is 0 Å². The molecule has 1 heterocycles. The van der Waals surface area contributed by atoms with Gasteiger partial charge in [-0.2, -0.15) is 5.10 Å². The second kappa shape index (κ2) is 5.88. The molecule has 86 valence electrons. The molecule has 0 amide bonds. The number of aromatic nitrogens is 2. The number of benzene rings is 1. The van der Waals surface area contributed by atoms with Gasteiger partial charge in [-0.1, -0.05) is 24.1 Å². The Morgan fingerprint density at radius 3 is 2.82 bits per heavy atom. The summed E-state index contributed by atoms with van der Waals surface area (Å²) in [5.74, 6) is 5.63. The van der Waals surface area contributed by atoms with E-state index in [1.54, 1.807) is 6.92 Å². The van der Waals surface area contributed by atoms with E-state index >= 15 is 0 Å². The fourth-order valence-electron chi connectivity index (χ4n) is 1.44. The third-order valence-corrected chi connectivity index (χ3v) is 2.27. The highest BCUT2D eigenvalue weighted by molar-refractivity contribution is 5.30. The van der Waals surface area contributed by atoms with Crippen molar-refractivity contribution in [2.24, 2.45) is 0 Å². The summed E-state index contributed by atoms with van der Waals surface area (Å²) in [5, 5.41) is 4.42. The minimum atomic E-state index is 0.453. The van der Waals surface area contributed by atoms with Crippen molar-refractivity contribution in [2.75, 3.05) is 6.61 Å². The van der Waals surface area contributed by atoms with E-state index in [1.165, 1.54) is 0 Å². The number of nitrogens with zero attached hydrogens (tertiary/aromatic N) is 2. The maximum absolute atomic E-state index is 5.36. The Labute approximate surface area is 101 Å². The Balaban J connectivity index is 1.98. The smallest absolute Gasteiger partial charge is 0.108 e. The summed E-state index contributed by atoms with van der Waals surface area (Å²) in [6, 6.07) is 11.9. The minimum absolute atomic E-state index is 0.453. The van der Waals surface area contributed by atoms with Crippen LogP contribution >= 0.6 is 0 Å². The molecule has 2 aromatic rings. The zero-order chi connectivity index (χ0) is 11.9. The molecule has 2 rings (SSSR count). The molecule has 0 fully saturated rings. The molecule has 3 nitrogen and oxygen atoms in total. The first-order chi connectivity index (χ1) is 8.40. The van der Waals surface area contributed by atoms with Gasteiger partial charge in [0.2, 0.25) is 0 Å². The Bertz CT molecular complexity index is 520. The first-order valence-corrected chi connectivity index (χ1v) is 5.47. The number of ether oxygens (including phenoxy) is 1. The Kier molecular flexibility index (Phi) is 3.95. The molecule has 0 saturated heterocycles. The molecule has 0 radical (unpaired) electrons. The first-order valence-electron chi connectivity index (χ1n) is 5.47. The van der Waals surface area contributed by atoms with E-state index in [1.807, 2.05) is 47.3 Å². The van der Waals surface area contributed by atoms with E-state index in [9.17, 15) is 0 Å². The van der Waals surface area contributed by atoms with E-state index in [2.05, 4.69) is 16.9 Å². The molecule has 0 unspecified atom stereocenters. The zero-order valence-corrected chi connectivity index (χ0v) is 9.76. The van der Waals surface area contributed by atoms with Crippen LogP contribution in [-0.4, -0.2) is 16.4 Å². The highest BCUT2D eigenvalue weighted by Crippen LogP contribution is 2.07. The lowest BCUT2D eigenvalue weighted by molar-refractivity contribution is 0.150. The molecule has 1 aromatic heterocycles. The number of para-hydroxylation sites is 1. The van der Waals surface area contributed by atoms with Crippen molar-refractivity contribution in [3.8, 4) is 17.5 Å². The summed E-state index contributed by atoms with van der Waals surface area (Å²) in [6.45, 7) is 2.75. The Hall–Kier alpha value is -2.05. The Morgan fingerprint density at radius 1 is 1.24 bits per heavy atom. The summed E-state index contributed by atoms with van der Waals surface area (Å²) < 4.78 is 7.20. The van der Waals surface area contributed by atoms with E-state index in [-0.39, 0.29) is 0 Å². The van der Waals surface area contributed by atoms with Gasteiger partial charge in [0.1, 0.15) is 6.61 Å². The predicted molar refractivity (Wildman–Crippen MR) is 66.7 cm³/mol. The lowest BCUT2D eigenvalue weighted by atomic mass is 10.3. The summed E-state index contributed by atoms with van der Waals surface area (Å²) in [6.07, 6.45) is 1.93. The van der Waals surface area contributed by atoms with Crippen molar-refractivity contribution in [1.29, 1.82) is 0 Å². The van der Waals surface area contributed by atoms with Crippen molar-refractivity contribution in [3.05, 3.63) is 48.3 Å². The average Bonchev–Trinajstić information content (AvgIpc) is 2.85. The topological polar surface area (TPSA) is 27.1 Å². The normalized spacial score (nSPS) is 9.71. The molecule has 17 heavy (non-hydrogen) atoms. The van der Waals surface area contributed by atoms with Gasteiger partial charge in [0.15, 0.2) is 0 Å². The van der Waals surface area contributed by atoms with Crippen LogP contribution in [0.2, 0.25) is 0 Å². The standard InChI is InChI=1S/C14H14N2O/c1-2-3-11-17-12-13-9-10-16(15-13)14-7-5-4-6-8-14/h4-10H,11-12H2,1H3.